The van der Waals surface area contributed by atoms with Crippen LogP contribution >= 0.6 is 0 Å². The molecule has 1 heterocycles. The summed E-state index contributed by atoms with van der Waals surface area (Å²) in [6.45, 7) is 4.29. The maximum absolute atomic E-state index is 12.2. The Kier molecular flexibility index (Phi) is 6.25. The zero-order valence-electron chi connectivity index (χ0n) is 14.7. The smallest absolute Gasteiger partial charge is 0.335 e. The third-order valence-corrected chi connectivity index (χ3v) is 4.15. The van der Waals surface area contributed by atoms with Gasteiger partial charge in [0.25, 0.3) is 0 Å². The molecule has 2 N–H and O–H groups in total. The third kappa shape index (κ3) is 5.39. The molecule has 0 spiro atoms. The highest BCUT2D eigenvalue weighted by Gasteiger charge is 2.15. The highest BCUT2D eigenvalue weighted by atomic mass is 16.4. The van der Waals surface area contributed by atoms with Crippen molar-refractivity contribution in [3.8, 4) is 0 Å². The van der Waals surface area contributed by atoms with E-state index >= 15 is 0 Å². The van der Waals surface area contributed by atoms with Gasteiger partial charge >= 0.3 is 5.97 Å². The molecule has 2 aromatic rings. The van der Waals surface area contributed by atoms with E-state index in [0.717, 1.165) is 17.7 Å². The molecule has 1 aromatic heterocycles. The maximum atomic E-state index is 12.2. The Morgan fingerprint density at radius 1 is 1.28 bits per heavy atom. The molecule has 6 heteroatoms. The predicted octanol–water partition coefficient (Wildman–Crippen LogP) is 2.59. The molecular weight excluding hydrogens is 318 g/mol. The van der Waals surface area contributed by atoms with Gasteiger partial charge in [0.1, 0.15) is 0 Å². The van der Waals surface area contributed by atoms with Crippen LogP contribution in [0.25, 0.3) is 0 Å². The molecule has 1 unspecified atom stereocenters. The number of likely N-dealkylation sites (N-methyl/N-ethyl adjacent to an activating group) is 1. The van der Waals surface area contributed by atoms with Crippen molar-refractivity contribution in [1.82, 2.24) is 9.88 Å². The Morgan fingerprint density at radius 3 is 2.72 bits per heavy atom. The van der Waals surface area contributed by atoms with Gasteiger partial charge in [0, 0.05) is 30.0 Å². The zero-order valence-corrected chi connectivity index (χ0v) is 14.7. The number of carbonyl (C=O) groups excluding carboxylic acids is 1. The number of aryl methyl sites for hydroxylation is 1. The minimum atomic E-state index is -1.02. The van der Waals surface area contributed by atoms with Crippen molar-refractivity contribution in [2.24, 2.45) is 0 Å². The first-order valence-corrected chi connectivity index (χ1v) is 8.10. The van der Waals surface area contributed by atoms with E-state index in [1.165, 1.54) is 12.1 Å². The second kappa shape index (κ2) is 8.39. The topological polar surface area (TPSA) is 82.5 Å². The van der Waals surface area contributed by atoms with E-state index in [-0.39, 0.29) is 24.1 Å². The first kappa shape index (κ1) is 18.6. The number of carboxylic acids is 1. The molecule has 0 saturated carbocycles. The van der Waals surface area contributed by atoms with E-state index in [2.05, 4.69) is 10.3 Å². The maximum Gasteiger partial charge on any atom is 0.335 e. The van der Waals surface area contributed by atoms with E-state index in [0.29, 0.717) is 5.69 Å². The number of carboxylic acid groups (broad SMARTS) is 1. The van der Waals surface area contributed by atoms with Crippen molar-refractivity contribution >= 4 is 17.6 Å². The molecule has 0 aliphatic carbocycles. The lowest BCUT2D eigenvalue weighted by Gasteiger charge is -2.24. The SMILES string of the molecule is Cc1cccnc1CC(C)N(C)CC(=O)Nc1cccc(C(=O)O)c1. The third-order valence-electron chi connectivity index (χ3n) is 4.15. The average molecular weight is 341 g/mol. The van der Waals surface area contributed by atoms with Crippen molar-refractivity contribution < 1.29 is 14.7 Å². The highest BCUT2D eigenvalue weighted by Crippen LogP contribution is 2.12. The number of nitrogens with zero attached hydrogens (tertiary/aromatic N) is 2. The fourth-order valence-corrected chi connectivity index (χ4v) is 2.48. The number of anilines is 1. The van der Waals surface area contributed by atoms with Gasteiger partial charge in [-0.05, 0) is 50.7 Å². The van der Waals surface area contributed by atoms with Gasteiger partial charge in [0.2, 0.25) is 5.91 Å². The second-order valence-electron chi connectivity index (χ2n) is 6.17. The number of aromatic carboxylic acids is 1. The molecule has 0 saturated heterocycles. The van der Waals surface area contributed by atoms with Crippen molar-refractivity contribution in [3.63, 3.8) is 0 Å². The van der Waals surface area contributed by atoms with Gasteiger partial charge in [-0.2, -0.15) is 0 Å². The molecule has 6 nitrogen and oxygen atoms in total. The molecule has 0 aliphatic rings. The molecule has 0 radical (unpaired) electrons. The molecular formula is C19H23N3O3. The molecule has 1 atom stereocenters. The first-order valence-electron chi connectivity index (χ1n) is 8.10. The van der Waals surface area contributed by atoms with Gasteiger partial charge in [-0.25, -0.2) is 4.79 Å². The van der Waals surface area contributed by atoms with Gasteiger partial charge < -0.3 is 10.4 Å². The van der Waals surface area contributed by atoms with E-state index in [4.69, 9.17) is 5.11 Å². The fraction of sp³-hybridized carbons (Fsp3) is 0.316. The number of pyridine rings is 1. The number of nitrogens with one attached hydrogen (secondary N) is 1. The summed E-state index contributed by atoms with van der Waals surface area (Å²) >= 11 is 0. The normalized spacial score (nSPS) is 12.0. The van der Waals surface area contributed by atoms with Gasteiger partial charge in [-0.15, -0.1) is 0 Å². The number of benzene rings is 1. The summed E-state index contributed by atoms with van der Waals surface area (Å²) in [5, 5.41) is 11.7. The highest BCUT2D eigenvalue weighted by molar-refractivity contribution is 5.94. The van der Waals surface area contributed by atoms with E-state index in [1.54, 1.807) is 18.3 Å². The van der Waals surface area contributed by atoms with Crippen LogP contribution in [0.15, 0.2) is 42.6 Å². The number of rotatable bonds is 7. The minimum absolute atomic E-state index is 0.143. The standard InChI is InChI=1S/C19H23N3O3/c1-13-6-5-9-20-17(13)10-14(2)22(3)12-18(23)21-16-8-4-7-15(11-16)19(24)25/h4-9,11,14H,10,12H2,1-3H3,(H,21,23)(H,24,25). The first-order chi connectivity index (χ1) is 11.9. The number of carbonyl (C=O) groups is 2. The lowest BCUT2D eigenvalue weighted by molar-refractivity contribution is -0.117. The van der Waals surface area contributed by atoms with Crippen molar-refractivity contribution in [1.29, 1.82) is 0 Å². The molecule has 0 aliphatic heterocycles. The van der Waals surface area contributed by atoms with Crippen molar-refractivity contribution in [2.75, 3.05) is 18.9 Å². The van der Waals surface area contributed by atoms with Crippen LogP contribution in [0.3, 0.4) is 0 Å². The van der Waals surface area contributed by atoms with Crippen LogP contribution in [0, 0.1) is 6.92 Å². The Balaban J connectivity index is 1.92. The summed E-state index contributed by atoms with van der Waals surface area (Å²) < 4.78 is 0. The summed E-state index contributed by atoms with van der Waals surface area (Å²) in [7, 11) is 1.89. The number of amides is 1. The Morgan fingerprint density at radius 2 is 2.04 bits per heavy atom. The zero-order chi connectivity index (χ0) is 18.4. The number of hydrogen-bond donors (Lipinski definition) is 2. The Labute approximate surface area is 147 Å². The summed E-state index contributed by atoms with van der Waals surface area (Å²) in [6, 6.07) is 10.3. The van der Waals surface area contributed by atoms with E-state index < -0.39 is 5.97 Å². The average Bonchev–Trinajstić information content (AvgIpc) is 2.56. The van der Waals surface area contributed by atoms with Crippen LogP contribution in [-0.4, -0.2) is 46.5 Å². The van der Waals surface area contributed by atoms with Crippen LogP contribution in [0.2, 0.25) is 0 Å². The second-order valence-corrected chi connectivity index (χ2v) is 6.17. The summed E-state index contributed by atoms with van der Waals surface area (Å²) in [4.78, 5) is 29.5. The van der Waals surface area contributed by atoms with Crippen LogP contribution in [-0.2, 0) is 11.2 Å². The van der Waals surface area contributed by atoms with Crippen LogP contribution in [0.1, 0.15) is 28.5 Å². The Bertz CT molecular complexity index is 761. The van der Waals surface area contributed by atoms with Gasteiger partial charge in [-0.3, -0.25) is 14.7 Å². The molecule has 0 fully saturated rings. The van der Waals surface area contributed by atoms with Gasteiger partial charge in [0.15, 0.2) is 0 Å². The monoisotopic (exact) mass is 341 g/mol. The lowest BCUT2D eigenvalue weighted by atomic mass is 10.1. The van der Waals surface area contributed by atoms with Crippen molar-refractivity contribution in [3.05, 3.63) is 59.4 Å². The summed E-state index contributed by atoms with van der Waals surface area (Å²) in [5.41, 5.74) is 2.78. The largest absolute Gasteiger partial charge is 0.478 e. The number of hydrogen-bond acceptors (Lipinski definition) is 4. The molecule has 0 bridgehead atoms. The number of aromatic nitrogens is 1. The van der Waals surface area contributed by atoms with Gasteiger partial charge in [0.05, 0.1) is 12.1 Å². The van der Waals surface area contributed by atoms with E-state index in [9.17, 15) is 9.59 Å². The van der Waals surface area contributed by atoms with Crippen LogP contribution in [0.5, 0.6) is 0 Å². The molecule has 132 valence electrons. The van der Waals surface area contributed by atoms with Crippen molar-refractivity contribution in [2.45, 2.75) is 26.3 Å². The predicted molar refractivity (Wildman–Crippen MR) is 96.8 cm³/mol. The molecule has 1 aromatic carbocycles. The van der Waals surface area contributed by atoms with E-state index in [1.807, 2.05) is 37.9 Å². The summed E-state index contributed by atoms with van der Waals surface area (Å²) in [5.74, 6) is -1.21. The summed E-state index contributed by atoms with van der Waals surface area (Å²) in [6.07, 6.45) is 2.53. The van der Waals surface area contributed by atoms with Gasteiger partial charge in [-0.1, -0.05) is 12.1 Å². The lowest BCUT2D eigenvalue weighted by Crippen LogP contribution is -2.37. The van der Waals surface area contributed by atoms with Crippen LogP contribution in [0.4, 0.5) is 5.69 Å². The Hall–Kier alpha value is -2.73. The molecule has 2 rings (SSSR count). The molecule has 1 amide bonds. The quantitative estimate of drug-likeness (QED) is 0.809. The minimum Gasteiger partial charge on any atom is -0.478 e. The molecule has 25 heavy (non-hydrogen) atoms. The fourth-order valence-electron chi connectivity index (χ4n) is 2.48. The van der Waals surface area contributed by atoms with Crippen LogP contribution < -0.4 is 5.32 Å².